The normalized spacial score (nSPS) is 11.0. The van der Waals surface area contributed by atoms with Gasteiger partial charge in [-0.3, -0.25) is 9.59 Å². The Balaban J connectivity index is 1.77. The molecule has 2 rings (SSSR count). The molecule has 0 atom stereocenters. The molecule has 28 heavy (non-hydrogen) atoms. The molecular weight excluding hydrogens is 373 g/mol. The molecule has 0 heterocycles. The van der Waals surface area contributed by atoms with Gasteiger partial charge in [-0.1, -0.05) is 30.3 Å². The van der Waals surface area contributed by atoms with Crippen LogP contribution in [0.5, 0.6) is 0 Å². The first-order chi connectivity index (χ1) is 13.1. The third kappa shape index (κ3) is 6.61. The minimum atomic E-state index is -4.48. The highest BCUT2D eigenvalue weighted by Gasteiger charge is 2.30. The zero-order valence-corrected chi connectivity index (χ0v) is 15.5. The Kier molecular flexibility index (Phi) is 7.03. The predicted octanol–water partition coefficient (Wildman–Crippen LogP) is 3.17. The Bertz CT molecular complexity index is 818. The summed E-state index contributed by atoms with van der Waals surface area (Å²) in [6.07, 6.45) is -4.83. The van der Waals surface area contributed by atoms with Crippen LogP contribution in [-0.4, -0.2) is 32.6 Å². The third-order valence-electron chi connectivity index (χ3n) is 3.91. The molecular formula is C20H21F3N2O3. The van der Waals surface area contributed by atoms with Crippen LogP contribution in [0.3, 0.4) is 0 Å². The van der Waals surface area contributed by atoms with Gasteiger partial charge in [0.25, 0.3) is 5.91 Å². The molecule has 1 amide bonds. The highest BCUT2D eigenvalue weighted by Crippen LogP contribution is 2.29. The van der Waals surface area contributed by atoms with Crippen LogP contribution in [-0.2, 0) is 33.5 Å². The number of carbonyl (C=O) groups excluding carboxylic acids is 2. The number of anilines is 1. The number of benzene rings is 2. The average Bonchev–Trinajstić information content (AvgIpc) is 2.64. The molecule has 0 radical (unpaired) electrons. The quantitative estimate of drug-likeness (QED) is 0.733. The van der Waals surface area contributed by atoms with E-state index in [-0.39, 0.29) is 18.5 Å². The van der Waals surface area contributed by atoms with E-state index in [1.165, 1.54) is 12.1 Å². The van der Waals surface area contributed by atoms with Crippen molar-refractivity contribution in [2.45, 2.75) is 19.1 Å². The van der Waals surface area contributed by atoms with E-state index in [9.17, 15) is 22.8 Å². The maximum Gasteiger partial charge on any atom is 0.416 e. The van der Waals surface area contributed by atoms with Gasteiger partial charge >= 0.3 is 12.1 Å². The van der Waals surface area contributed by atoms with E-state index >= 15 is 0 Å². The summed E-state index contributed by atoms with van der Waals surface area (Å²) in [4.78, 5) is 25.5. The fourth-order valence-electron chi connectivity index (χ4n) is 2.38. The highest BCUT2D eigenvalue weighted by atomic mass is 19.4. The monoisotopic (exact) mass is 394 g/mol. The van der Waals surface area contributed by atoms with Gasteiger partial charge in [-0.15, -0.1) is 0 Å². The second-order valence-electron chi connectivity index (χ2n) is 6.37. The van der Waals surface area contributed by atoms with Crippen molar-refractivity contribution < 1.29 is 27.5 Å². The molecule has 8 heteroatoms. The lowest BCUT2D eigenvalue weighted by molar-refractivity contribution is -0.148. The van der Waals surface area contributed by atoms with E-state index in [0.717, 1.165) is 23.4 Å². The fourth-order valence-corrected chi connectivity index (χ4v) is 2.38. The van der Waals surface area contributed by atoms with Gasteiger partial charge in [0.1, 0.15) is 0 Å². The standard InChI is InChI=1S/C20H21F3N2O3/c1-25(2)17-8-6-14(7-9-17)12-24-18(26)13-28-19(27)11-15-4-3-5-16(10-15)20(21,22)23/h3-10H,11-13H2,1-2H3,(H,24,26). The number of halogens is 3. The van der Waals surface area contributed by atoms with Crippen molar-refractivity contribution in [2.75, 3.05) is 25.6 Å². The number of carbonyl (C=O) groups is 2. The molecule has 0 spiro atoms. The number of hydrogen-bond donors (Lipinski definition) is 1. The lowest BCUT2D eigenvalue weighted by atomic mass is 10.1. The predicted molar refractivity (Wildman–Crippen MR) is 98.7 cm³/mol. The second kappa shape index (κ2) is 9.25. The van der Waals surface area contributed by atoms with Gasteiger partial charge in [0.2, 0.25) is 0 Å². The molecule has 2 aromatic carbocycles. The number of amides is 1. The maximum absolute atomic E-state index is 12.7. The Morgan fingerprint density at radius 2 is 1.71 bits per heavy atom. The summed E-state index contributed by atoms with van der Waals surface area (Å²) in [5, 5.41) is 2.62. The van der Waals surface area contributed by atoms with Crippen molar-refractivity contribution in [2.24, 2.45) is 0 Å². The highest BCUT2D eigenvalue weighted by molar-refractivity contribution is 5.81. The minimum Gasteiger partial charge on any atom is -0.455 e. The van der Waals surface area contributed by atoms with Crippen LogP contribution < -0.4 is 10.2 Å². The summed E-state index contributed by atoms with van der Waals surface area (Å²) in [5.74, 6) is -1.26. The van der Waals surface area contributed by atoms with E-state index in [4.69, 9.17) is 4.74 Å². The molecule has 2 aromatic rings. The van der Waals surface area contributed by atoms with Crippen LogP contribution >= 0.6 is 0 Å². The minimum absolute atomic E-state index is 0.168. The van der Waals surface area contributed by atoms with Crippen molar-refractivity contribution in [3.05, 3.63) is 65.2 Å². The van der Waals surface area contributed by atoms with Crippen molar-refractivity contribution in [1.82, 2.24) is 5.32 Å². The number of hydrogen-bond acceptors (Lipinski definition) is 4. The summed E-state index contributed by atoms with van der Waals surface area (Å²) in [6, 6.07) is 12.0. The number of alkyl halides is 3. The molecule has 5 nitrogen and oxygen atoms in total. The fraction of sp³-hybridized carbons (Fsp3) is 0.300. The number of esters is 1. The van der Waals surface area contributed by atoms with E-state index < -0.39 is 30.2 Å². The maximum atomic E-state index is 12.7. The van der Waals surface area contributed by atoms with Gasteiger partial charge in [0.05, 0.1) is 12.0 Å². The van der Waals surface area contributed by atoms with Crippen LogP contribution in [0.25, 0.3) is 0 Å². The Labute approximate surface area is 161 Å². The SMILES string of the molecule is CN(C)c1ccc(CNC(=O)COC(=O)Cc2cccc(C(F)(F)F)c2)cc1. The molecule has 0 bridgehead atoms. The van der Waals surface area contributed by atoms with E-state index in [2.05, 4.69) is 5.32 Å². The molecule has 0 unspecified atom stereocenters. The molecule has 0 fully saturated rings. The van der Waals surface area contributed by atoms with Crippen LogP contribution in [0.2, 0.25) is 0 Å². The van der Waals surface area contributed by atoms with Gasteiger partial charge < -0.3 is 15.0 Å². The zero-order chi connectivity index (χ0) is 20.7. The molecule has 0 aliphatic rings. The van der Waals surface area contributed by atoms with E-state index in [1.807, 2.05) is 43.3 Å². The van der Waals surface area contributed by atoms with Gasteiger partial charge in [-0.2, -0.15) is 13.2 Å². The Morgan fingerprint density at radius 1 is 1.04 bits per heavy atom. The Hall–Kier alpha value is -3.03. The molecule has 0 aliphatic heterocycles. The summed E-state index contributed by atoms with van der Waals surface area (Å²) in [6.45, 7) is -0.217. The molecule has 0 saturated carbocycles. The third-order valence-corrected chi connectivity index (χ3v) is 3.91. The Morgan fingerprint density at radius 3 is 2.32 bits per heavy atom. The molecule has 1 N–H and O–H groups in total. The summed E-state index contributed by atoms with van der Waals surface area (Å²) < 4.78 is 42.9. The van der Waals surface area contributed by atoms with Gasteiger partial charge in [-0.05, 0) is 29.3 Å². The topological polar surface area (TPSA) is 58.6 Å². The summed E-state index contributed by atoms with van der Waals surface area (Å²) in [7, 11) is 3.84. The van der Waals surface area contributed by atoms with Crippen molar-refractivity contribution in [3.8, 4) is 0 Å². The van der Waals surface area contributed by atoms with Gasteiger partial charge in [0.15, 0.2) is 6.61 Å². The number of nitrogens with zero attached hydrogens (tertiary/aromatic N) is 1. The van der Waals surface area contributed by atoms with Crippen LogP contribution in [0.4, 0.5) is 18.9 Å². The molecule has 0 aromatic heterocycles. The largest absolute Gasteiger partial charge is 0.455 e. The lowest BCUT2D eigenvalue weighted by Gasteiger charge is -2.13. The van der Waals surface area contributed by atoms with Crippen LogP contribution in [0, 0.1) is 0 Å². The first kappa shape index (κ1) is 21.3. The smallest absolute Gasteiger partial charge is 0.416 e. The van der Waals surface area contributed by atoms with Crippen molar-refractivity contribution in [3.63, 3.8) is 0 Å². The van der Waals surface area contributed by atoms with E-state index in [1.54, 1.807) is 0 Å². The summed E-state index contributed by atoms with van der Waals surface area (Å²) in [5.41, 5.74) is 1.24. The molecule has 0 saturated heterocycles. The van der Waals surface area contributed by atoms with Crippen LogP contribution in [0.1, 0.15) is 16.7 Å². The lowest BCUT2D eigenvalue weighted by Crippen LogP contribution is -2.28. The zero-order valence-electron chi connectivity index (χ0n) is 15.5. The molecule has 0 aliphatic carbocycles. The number of nitrogens with one attached hydrogen (secondary N) is 1. The first-order valence-corrected chi connectivity index (χ1v) is 8.50. The van der Waals surface area contributed by atoms with Crippen LogP contribution in [0.15, 0.2) is 48.5 Å². The number of rotatable bonds is 7. The van der Waals surface area contributed by atoms with Crippen molar-refractivity contribution in [1.29, 1.82) is 0 Å². The summed E-state index contributed by atoms with van der Waals surface area (Å²) >= 11 is 0. The second-order valence-corrected chi connectivity index (χ2v) is 6.37. The van der Waals surface area contributed by atoms with Gasteiger partial charge in [-0.25, -0.2) is 0 Å². The van der Waals surface area contributed by atoms with Crippen molar-refractivity contribution >= 4 is 17.6 Å². The van der Waals surface area contributed by atoms with Gasteiger partial charge in [0, 0.05) is 26.3 Å². The first-order valence-electron chi connectivity index (χ1n) is 8.50. The average molecular weight is 394 g/mol. The molecule has 150 valence electrons. The van der Waals surface area contributed by atoms with E-state index in [0.29, 0.717) is 0 Å². The number of ether oxygens (including phenoxy) is 1.